The van der Waals surface area contributed by atoms with E-state index in [0.717, 1.165) is 31.4 Å². The molecule has 0 saturated heterocycles. The van der Waals surface area contributed by atoms with Crippen molar-refractivity contribution < 1.29 is 9.47 Å². The van der Waals surface area contributed by atoms with Crippen molar-refractivity contribution in [2.75, 3.05) is 18.5 Å². The molecule has 0 aromatic rings. The first kappa shape index (κ1) is 17.1. The summed E-state index contributed by atoms with van der Waals surface area (Å²) in [6.07, 6.45) is 11.6. The molecule has 0 heterocycles. The third-order valence-corrected chi connectivity index (χ3v) is 2.92. The van der Waals surface area contributed by atoms with Gasteiger partial charge < -0.3 is 9.47 Å². The van der Waals surface area contributed by atoms with Gasteiger partial charge >= 0.3 is 0 Å². The molecule has 17 heavy (non-hydrogen) atoms. The Hall–Kier alpha value is 0.140. The van der Waals surface area contributed by atoms with Gasteiger partial charge in [-0.1, -0.05) is 34.5 Å². The van der Waals surface area contributed by atoms with Gasteiger partial charge in [0.2, 0.25) is 0 Å². The van der Waals surface area contributed by atoms with Crippen LogP contribution in [0.4, 0.5) is 0 Å². The van der Waals surface area contributed by atoms with Crippen LogP contribution in [0.5, 0.6) is 0 Å². The summed E-state index contributed by atoms with van der Waals surface area (Å²) < 4.78 is 11.0. The standard InChI is InChI=1S/C14H27BrO2/c1-3-16-14(17-4-2)12-10-8-6-5-7-9-11-13-15/h7,9,14H,3-6,8,10-13H2,1-2H3/b9-7+. The van der Waals surface area contributed by atoms with Crippen LogP contribution in [0.15, 0.2) is 12.2 Å². The minimum atomic E-state index is 0.00828. The molecule has 0 aliphatic rings. The molecule has 0 aliphatic heterocycles. The summed E-state index contributed by atoms with van der Waals surface area (Å²) in [5.74, 6) is 0. The SMILES string of the molecule is CCOC(CCCCC/C=C/CCBr)OCC. The number of unbranched alkanes of at least 4 members (excludes halogenated alkanes) is 3. The number of allylic oxidation sites excluding steroid dienone is 2. The average molecular weight is 307 g/mol. The highest BCUT2D eigenvalue weighted by Gasteiger charge is 2.06. The van der Waals surface area contributed by atoms with Crippen molar-refractivity contribution in [1.29, 1.82) is 0 Å². The van der Waals surface area contributed by atoms with Crippen molar-refractivity contribution in [2.24, 2.45) is 0 Å². The van der Waals surface area contributed by atoms with E-state index in [0.29, 0.717) is 0 Å². The normalized spacial score (nSPS) is 11.8. The maximum atomic E-state index is 5.50. The third kappa shape index (κ3) is 12.4. The fourth-order valence-electron chi connectivity index (χ4n) is 1.64. The molecule has 0 amide bonds. The monoisotopic (exact) mass is 306 g/mol. The predicted molar refractivity (Wildman–Crippen MR) is 77.7 cm³/mol. The summed E-state index contributed by atoms with van der Waals surface area (Å²) in [4.78, 5) is 0. The van der Waals surface area contributed by atoms with Crippen molar-refractivity contribution in [3.63, 3.8) is 0 Å². The summed E-state index contributed by atoms with van der Waals surface area (Å²) in [7, 11) is 0. The van der Waals surface area contributed by atoms with Crippen LogP contribution in [0.3, 0.4) is 0 Å². The van der Waals surface area contributed by atoms with Crippen LogP contribution >= 0.6 is 15.9 Å². The average Bonchev–Trinajstić information content (AvgIpc) is 2.33. The summed E-state index contributed by atoms with van der Waals surface area (Å²) in [5, 5.41) is 1.06. The van der Waals surface area contributed by atoms with Crippen molar-refractivity contribution in [3.8, 4) is 0 Å². The molecule has 2 nitrogen and oxygen atoms in total. The summed E-state index contributed by atoms with van der Waals surface area (Å²) >= 11 is 3.41. The third-order valence-electron chi connectivity index (χ3n) is 2.46. The second kappa shape index (κ2) is 14.2. The molecule has 0 atom stereocenters. The topological polar surface area (TPSA) is 18.5 Å². The Morgan fingerprint density at radius 1 is 0.941 bits per heavy atom. The molecule has 3 heteroatoms. The quantitative estimate of drug-likeness (QED) is 0.226. The zero-order valence-electron chi connectivity index (χ0n) is 11.3. The van der Waals surface area contributed by atoms with Gasteiger partial charge in [0.25, 0.3) is 0 Å². The molecule has 0 fully saturated rings. The fraction of sp³-hybridized carbons (Fsp3) is 0.857. The number of ether oxygens (including phenoxy) is 2. The Kier molecular flexibility index (Phi) is 14.3. The number of hydrogen-bond donors (Lipinski definition) is 0. The lowest BCUT2D eigenvalue weighted by atomic mass is 10.1. The Morgan fingerprint density at radius 2 is 1.59 bits per heavy atom. The molecule has 0 radical (unpaired) electrons. The Bertz CT molecular complexity index is 166. The van der Waals surface area contributed by atoms with E-state index >= 15 is 0 Å². The lowest BCUT2D eigenvalue weighted by molar-refractivity contribution is -0.140. The summed E-state index contributed by atoms with van der Waals surface area (Å²) in [6.45, 7) is 5.50. The lowest BCUT2D eigenvalue weighted by Crippen LogP contribution is -2.17. The zero-order valence-corrected chi connectivity index (χ0v) is 12.9. The first-order valence-corrected chi connectivity index (χ1v) is 7.91. The molecule has 0 unspecified atom stereocenters. The summed E-state index contributed by atoms with van der Waals surface area (Å²) in [6, 6.07) is 0. The molecule has 102 valence electrons. The van der Waals surface area contributed by atoms with Crippen molar-refractivity contribution in [1.82, 2.24) is 0 Å². The van der Waals surface area contributed by atoms with Crippen LogP contribution in [0, 0.1) is 0 Å². The van der Waals surface area contributed by atoms with E-state index < -0.39 is 0 Å². The number of halogens is 1. The molecule has 0 N–H and O–H groups in total. The maximum Gasteiger partial charge on any atom is 0.157 e. The first-order chi connectivity index (χ1) is 8.35. The van der Waals surface area contributed by atoms with E-state index in [1.165, 1.54) is 25.7 Å². The van der Waals surface area contributed by atoms with E-state index in [1.807, 2.05) is 13.8 Å². The van der Waals surface area contributed by atoms with Crippen LogP contribution in [-0.2, 0) is 9.47 Å². The number of hydrogen-bond acceptors (Lipinski definition) is 2. The molecular formula is C14H27BrO2. The highest BCUT2D eigenvalue weighted by molar-refractivity contribution is 9.09. The molecule has 0 aromatic heterocycles. The van der Waals surface area contributed by atoms with Gasteiger partial charge in [-0.25, -0.2) is 0 Å². The Balaban J connectivity index is 3.35. The fourth-order valence-corrected chi connectivity index (χ4v) is 1.90. The van der Waals surface area contributed by atoms with Crippen molar-refractivity contribution >= 4 is 15.9 Å². The van der Waals surface area contributed by atoms with Gasteiger partial charge in [0.05, 0.1) is 0 Å². The minimum absolute atomic E-state index is 0.00828. The van der Waals surface area contributed by atoms with E-state index in [1.54, 1.807) is 0 Å². The zero-order chi connectivity index (χ0) is 12.8. The van der Waals surface area contributed by atoms with Crippen LogP contribution in [0.2, 0.25) is 0 Å². The predicted octanol–water partition coefficient (Wildman–Crippen LogP) is 4.68. The van der Waals surface area contributed by atoms with Crippen LogP contribution < -0.4 is 0 Å². The molecule has 0 aromatic carbocycles. The molecule has 0 rings (SSSR count). The van der Waals surface area contributed by atoms with Crippen molar-refractivity contribution in [3.05, 3.63) is 12.2 Å². The van der Waals surface area contributed by atoms with Gasteiger partial charge in [0.1, 0.15) is 0 Å². The van der Waals surface area contributed by atoms with E-state index in [9.17, 15) is 0 Å². The van der Waals surface area contributed by atoms with Gasteiger partial charge in [0, 0.05) is 18.5 Å². The van der Waals surface area contributed by atoms with Gasteiger partial charge in [0.15, 0.2) is 6.29 Å². The van der Waals surface area contributed by atoms with Gasteiger partial charge in [-0.3, -0.25) is 0 Å². The number of rotatable bonds is 12. The van der Waals surface area contributed by atoms with E-state index in [4.69, 9.17) is 9.47 Å². The lowest BCUT2D eigenvalue weighted by Gasteiger charge is -2.16. The summed E-state index contributed by atoms with van der Waals surface area (Å²) in [5.41, 5.74) is 0. The highest BCUT2D eigenvalue weighted by Crippen LogP contribution is 2.10. The van der Waals surface area contributed by atoms with Gasteiger partial charge in [-0.2, -0.15) is 0 Å². The Labute approximate surface area is 115 Å². The largest absolute Gasteiger partial charge is 0.353 e. The van der Waals surface area contributed by atoms with Crippen LogP contribution in [0.25, 0.3) is 0 Å². The molecule has 0 saturated carbocycles. The second-order valence-corrected chi connectivity index (χ2v) is 4.72. The van der Waals surface area contributed by atoms with Gasteiger partial charge in [-0.05, 0) is 46.0 Å². The van der Waals surface area contributed by atoms with E-state index in [-0.39, 0.29) is 6.29 Å². The van der Waals surface area contributed by atoms with Crippen molar-refractivity contribution in [2.45, 2.75) is 58.7 Å². The molecule has 0 bridgehead atoms. The Morgan fingerprint density at radius 3 is 2.18 bits per heavy atom. The van der Waals surface area contributed by atoms with Gasteiger partial charge in [-0.15, -0.1) is 0 Å². The van der Waals surface area contributed by atoms with Crippen LogP contribution in [0.1, 0.15) is 52.4 Å². The number of alkyl halides is 1. The maximum absolute atomic E-state index is 5.50. The highest BCUT2D eigenvalue weighted by atomic mass is 79.9. The molecule has 0 aliphatic carbocycles. The second-order valence-electron chi connectivity index (χ2n) is 3.93. The molecule has 0 spiro atoms. The molecular weight excluding hydrogens is 280 g/mol. The van der Waals surface area contributed by atoms with E-state index in [2.05, 4.69) is 28.1 Å². The minimum Gasteiger partial charge on any atom is -0.353 e. The van der Waals surface area contributed by atoms with Crippen LogP contribution in [-0.4, -0.2) is 24.8 Å². The first-order valence-electron chi connectivity index (χ1n) is 6.79. The smallest absolute Gasteiger partial charge is 0.157 e.